The van der Waals surface area contributed by atoms with E-state index in [0.29, 0.717) is 0 Å². The molecule has 2 rings (SSSR count). The number of aromatic amines is 1. The van der Waals surface area contributed by atoms with Gasteiger partial charge in [-0.15, -0.1) is 5.69 Å². The van der Waals surface area contributed by atoms with Crippen LogP contribution in [0.2, 0.25) is 0 Å². The van der Waals surface area contributed by atoms with Gasteiger partial charge in [-0.3, -0.25) is 0 Å². The number of hydrogen-bond acceptors (Lipinski definition) is 0. The van der Waals surface area contributed by atoms with Crippen LogP contribution < -0.4 is 0 Å². The summed E-state index contributed by atoms with van der Waals surface area (Å²) in [5.74, 6) is 0. The van der Waals surface area contributed by atoms with Gasteiger partial charge in [0, 0.05) is 32.7 Å². The smallest absolute Gasteiger partial charge is 0 e. The van der Waals surface area contributed by atoms with Crippen molar-refractivity contribution in [2.75, 3.05) is 0 Å². The maximum Gasteiger partial charge on any atom is 0 e. The second-order valence-corrected chi connectivity index (χ2v) is 3.04. The third-order valence-corrected chi connectivity index (χ3v) is 2.14. The standard InChI is InChI=1S/C9H12N.CH3.Y/c1-7-6-8-4-2-3-5-9(8)10-7;;/h10H,2-5H2,1H3;1H3;/q2*-1;. The minimum atomic E-state index is 0. The number of fused-ring (bicyclic) bond motifs is 1. The summed E-state index contributed by atoms with van der Waals surface area (Å²) in [6.07, 6.45) is 5.17. The number of nitrogens with one attached hydrogen (secondary N) is 1. The van der Waals surface area contributed by atoms with E-state index in [9.17, 15) is 0 Å². The van der Waals surface area contributed by atoms with Crippen molar-refractivity contribution >= 4 is 0 Å². The minimum absolute atomic E-state index is 0. The van der Waals surface area contributed by atoms with Gasteiger partial charge in [-0.1, -0.05) is 31.4 Å². The summed E-state index contributed by atoms with van der Waals surface area (Å²) in [5, 5.41) is 0. The molecule has 0 aliphatic heterocycles. The van der Waals surface area contributed by atoms with Crippen LogP contribution in [0.15, 0.2) is 0 Å². The molecule has 1 aromatic rings. The summed E-state index contributed by atoms with van der Waals surface area (Å²) in [6, 6.07) is 3.34. The van der Waals surface area contributed by atoms with Gasteiger partial charge < -0.3 is 12.4 Å². The Morgan fingerprint density at radius 1 is 1.25 bits per heavy atom. The third-order valence-electron chi connectivity index (χ3n) is 2.14. The first-order valence-electron chi connectivity index (χ1n) is 3.96. The minimum Gasteiger partial charge on any atom is -0.455 e. The molecule has 12 heavy (non-hydrogen) atoms. The molecule has 1 N–H and O–H groups in total. The Morgan fingerprint density at radius 3 is 2.58 bits per heavy atom. The molecule has 1 radical (unpaired) electrons. The fourth-order valence-electron chi connectivity index (χ4n) is 1.67. The largest absolute Gasteiger partial charge is 0.455 e. The van der Waals surface area contributed by atoms with E-state index in [2.05, 4.69) is 18.0 Å². The molecule has 0 fully saturated rings. The molecule has 0 bridgehead atoms. The van der Waals surface area contributed by atoms with Crippen LogP contribution in [0.1, 0.15) is 29.8 Å². The van der Waals surface area contributed by atoms with Crippen molar-refractivity contribution in [1.82, 2.24) is 4.98 Å². The summed E-state index contributed by atoms with van der Waals surface area (Å²) < 4.78 is 0. The first kappa shape index (κ1) is 12.4. The maximum absolute atomic E-state index is 3.34. The molecular formula is C10H15NY-2. The molecule has 1 nitrogen and oxygen atoms in total. The number of hydrogen-bond donors (Lipinski definition) is 1. The molecular weight excluding hydrogens is 223 g/mol. The summed E-state index contributed by atoms with van der Waals surface area (Å²) in [5.41, 5.74) is 4.07. The molecule has 2 heteroatoms. The predicted molar refractivity (Wildman–Crippen MR) is 47.4 cm³/mol. The predicted octanol–water partition coefficient (Wildman–Crippen LogP) is 2.45. The van der Waals surface area contributed by atoms with Gasteiger partial charge in [-0.2, -0.15) is 5.56 Å². The maximum atomic E-state index is 3.34. The Labute approximate surface area is 100 Å². The van der Waals surface area contributed by atoms with E-state index in [1.807, 2.05) is 0 Å². The second kappa shape index (κ2) is 5.19. The monoisotopic (exact) mass is 238 g/mol. The Balaban J connectivity index is 0.000000605. The number of aryl methyl sites for hydroxylation is 3. The van der Waals surface area contributed by atoms with Gasteiger partial charge in [0.25, 0.3) is 0 Å². The molecule has 0 amide bonds. The van der Waals surface area contributed by atoms with Crippen LogP contribution in [0.5, 0.6) is 0 Å². The summed E-state index contributed by atoms with van der Waals surface area (Å²) >= 11 is 0. The van der Waals surface area contributed by atoms with Crippen molar-refractivity contribution in [2.45, 2.75) is 32.6 Å². The Kier molecular flexibility index (Phi) is 5.35. The molecule has 0 atom stereocenters. The fraction of sp³-hybridized carbons (Fsp3) is 0.500. The molecule has 1 heterocycles. The van der Waals surface area contributed by atoms with Crippen molar-refractivity contribution in [3.05, 3.63) is 30.4 Å². The van der Waals surface area contributed by atoms with Crippen LogP contribution in [-0.4, -0.2) is 4.98 Å². The van der Waals surface area contributed by atoms with Crippen molar-refractivity contribution in [3.63, 3.8) is 0 Å². The van der Waals surface area contributed by atoms with E-state index in [4.69, 9.17) is 0 Å². The van der Waals surface area contributed by atoms with Crippen LogP contribution >= 0.6 is 0 Å². The van der Waals surface area contributed by atoms with E-state index in [0.717, 1.165) is 0 Å². The van der Waals surface area contributed by atoms with Gasteiger partial charge in [0.15, 0.2) is 0 Å². The molecule has 0 unspecified atom stereocenters. The topological polar surface area (TPSA) is 15.8 Å². The molecule has 65 valence electrons. The van der Waals surface area contributed by atoms with E-state index >= 15 is 0 Å². The van der Waals surface area contributed by atoms with E-state index in [-0.39, 0.29) is 40.1 Å². The van der Waals surface area contributed by atoms with Crippen LogP contribution in [0.3, 0.4) is 0 Å². The van der Waals surface area contributed by atoms with E-state index < -0.39 is 0 Å². The molecule has 0 saturated heterocycles. The summed E-state index contributed by atoms with van der Waals surface area (Å²) in [6.45, 7) is 2.08. The van der Waals surface area contributed by atoms with Crippen LogP contribution in [0.25, 0.3) is 0 Å². The summed E-state index contributed by atoms with van der Waals surface area (Å²) in [4.78, 5) is 3.34. The molecule has 0 saturated carbocycles. The Hall–Kier alpha value is 0.384. The van der Waals surface area contributed by atoms with E-state index in [1.165, 1.54) is 42.6 Å². The van der Waals surface area contributed by atoms with Crippen molar-refractivity contribution < 1.29 is 32.7 Å². The molecule has 0 aromatic carbocycles. The van der Waals surface area contributed by atoms with Gasteiger partial charge in [-0.05, 0) is 6.92 Å². The first-order chi connectivity index (χ1) is 4.86. The quantitative estimate of drug-likeness (QED) is 0.668. The SMILES string of the molecule is Cc1[c-]c2c([nH]1)CCCC2.[CH3-].[Y]. The summed E-state index contributed by atoms with van der Waals surface area (Å²) in [7, 11) is 0. The first-order valence-corrected chi connectivity index (χ1v) is 3.96. The number of aromatic nitrogens is 1. The van der Waals surface area contributed by atoms with Gasteiger partial charge in [0.05, 0.1) is 0 Å². The molecule has 1 aliphatic rings. The zero-order valence-corrected chi connectivity index (χ0v) is 10.7. The molecule has 1 aliphatic carbocycles. The van der Waals surface area contributed by atoms with E-state index in [1.54, 1.807) is 0 Å². The van der Waals surface area contributed by atoms with Gasteiger partial charge in [0.2, 0.25) is 0 Å². The van der Waals surface area contributed by atoms with Crippen LogP contribution in [-0.2, 0) is 45.6 Å². The third kappa shape index (κ3) is 2.43. The Morgan fingerprint density at radius 2 is 1.92 bits per heavy atom. The average Bonchev–Trinajstić information content (AvgIpc) is 2.27. The Bertz CT molecular complexity index is 216. The normalized spacial score (nSPS) is 14.1. The van der Waals surface area contributed by atoms with Crippen molar-refractivity contribution in [2.24, 2.45) is 0 Å². The van der Waals surface area contributed by atoms with Gasteiger partial charge in [-0.25, -0.2) is 6.07 Å². The number of rotatable bonds is 0. The van der Waals surface area contributed by atoms with Gasteiger partial charge in [0.1, 0.15) is 0 Å². The number of H-pyrrole nitrogens is 1. The zero-order valence-electron chi connectivity index (χ0n) is 7.91. The fourth-order valence-corrected chi connectivity index (χ4v) is 1.67. The van der Waals surface area contributed by atoms with Gasteiger partial charge >= 0.3 is 0 Å². The van der Waals surface area contributed by atoms with Crippen molar-refractivity contribution in [3.8, 4) is 0 Å². The zero-order chi connectivity index (χ0) is 6.97. The average molecular weight is 238 g/mol. The molecule has 1 aromatic heterocycles. The van der Waals surface area contributed by atoms with Crippen LogP contribution in [0, 0.1) is 20.4 Å². The van der Waals surface area contributed by atoms with Crippen molar-refractivity contribution in [1.29, 1.82) is 0 Å². The van der Waals surface area contributed by atoms with Crippen LogP contribution in [0.4, 0.5) is 0 Å². The molecule has 0 spiro atoms. The second-order valence-electron chi connectivity index (χ2n) is 3.04.